The van der Waals surface area contributed by atoms with Crippen molar-refractivity contribution < 1.29 is 0 Å². The Labute approximate surface area is 75.7 Å². The summed E-state index contributed by atoms with van der Waals surface area (Å²) in [6.45, 7) is 2.02. The van der Waals surface area contributed by atoms with Gasteiger partial charge in [-0.1, -0.05) is 0 Å². The summed E-state index contributed by atoms with van der Waals surface area (Å²) in [5, 5.41) is 17.1. The van der Waals surface area contributed by atoms with Gasteiger partial charge in [-0.15, -0.1) is 11.3 Å². The Kier molecular flexibility index (Phi) is 2.85. The molecule has 0 saturated heterocycles. The van der Waals surface area contributed by atoms with E-state index in [0.29, 0.717) is 6.42 Å². The molecule has 0 atom stereocenters. The Morgan fingerprint density at radius 3 is 2.50 bits per heavy atom. The molecule has 0 N–H and O–H groups in total. The second-order valence-corrected chi connectivity index (χ2v) is 3.90. The second-order valence-electron chi connectivity index (χ2n) is 2.53. The van der Waals surface area contributed by atoms with Crippen molar-refractivity contribution in [3.05, 3.63) is 21.9 Å². The van der Waals surface area contributed by atoms with Crippen molar-refractivity contribution in [3.63, 3.8) is 0 Å². The number of hydrogen-bond acceptors (Lipinski definition) is 3. The Morgan fingerprint density at radius 1 is 1.42 bits per heavy atom. The largest absolute Gasteiger partial charge is 0.197 e. The molecule has 0 radical (unpaired) electrons. The molecule has 1 rings (SSSR count). The fourth-order valence-corrected chi connectivity index (χ4v) is 1.85. The average Bonchev–Trinajstić information content (AvgIpc) is 2.47. The Morgan fingerprint density at radius 2 is 2.08 bits per heavy atom. The lowest BCUT2D eigenvalue weighted by Crippen LogP contribution is -1.95. The minimum atomic E-state index is -0.497. The van der Waals surface area contributed by atoms with Crippen molar-refractivity contribution in [1.29, 1.82) is 10.5 Å². The number of nitrogens with zero attached hydrogens (tertiary/aromatic N) is 2. The summed E-state index contributed by atoms with van der Waals surface area (Å²) in [5.74, 6) is -0.497. The molecule has 0 fully saturated rings. The van der Waals surface area contributed by atoms with Crippen LogP contribution in [0, 0.1) is 35.5 Å². The van der Waals surface area contributed by atoms with Crippen molar-refractivity contribution in [2.24, 2.45) is 5.92 Å². The minimum absolute atomic E-state index is 0.497. The Bertz CT molecular complexity index is 326. The molecule has 60 valence electrons. The van der Waals surface area contributed by atoms with Crippen LogP contribution in [0.1, 0.15) is 9.75 Å². The highest BCUT2D eigenvalue weighted by atomic mass is 32.1. The molecule has 0 aliphatic heterocycles. The smallest absolute Gasteiger partial charge is 0.138 e. The van der Waals surface area contributed by atoms with Crippen molar-refractivity contribution in [1.82, 2.24) is 0 Å². The number of thiophene rings is 1. The van der Waals surface area contributed by atoms with Gasteiger partial charge in [0, 0.05) is 16.2 Å². The summed E-state index contributed by atoms with van der Waals surface area (Å²) in [5.41, 5.74) is 0. The maximum Gasteiger partial charge on any atom is 0.138 e. The zero-order valence-corrected chi connectivity index (χ0v) is 7.56. The summed E-state index contributed by atoms with van der Waals surface area (Å²) in [4.78, 5) is 2.33. The van der Waals surface area contributed by atoms with Gasteiger partial charge in [-0.25, -0.2) is 0 Å². The van der Waals surface area contributed by atoms with E-state index in [1.54, 1.807) is 11.3 Å². The number of rotatable bonds is 2. The van der Waals surface area contributed by atoms with Gasteiger partial charge in [0.25, 0.3) is 0 Å². The molecule has 0 amide bonds. The molecule has 0 saturated carbocycles. The maximum absolute atomic E-state index is 8.53. The van der Waals surface area contributed by atoms with Gasteiger partial charge >= 0.3 is 0 Å². The van der Waals surface area contributed by atoms with E-state index >= 15 is 0 Å². The number of nitriles is 2. The molecule has 2 nitrogen and oxygen atoms in total. The van der Waals surface area contributed by atoms with Crippen molar-refractivity contribution in [2.45, 2.75) is 13.3 Å². The van der Waals surface area contributed by atoms with E-state index in [2.05, 4.69) is 0 Å². The summed E-state index contributed by atoms with van der Waals surface area (Å²) in [7, 11) is 0. The van der Waals surface area contributed by atoms with Crippen molar-refractivity contribution in [3.8, 4) is 12.1 Å². The molecule has 0 aliphatic rings. The number of hydrogen-bond donors (Lipinski definition) is 0. The molecule has 12 heavy (non-hydrogen) atoms. The van der Waals surface area contributed by atoms with E-state index in [-0.39, 0.29) is 0 Å². The lowest BCUT2D eigenvalue weighted by molar-refractivity contribution is 0.847. The maximum atomic E-state index is 8.53. The van der Waals surface area contributed by atoms with Gasteiger partial charge in [0.05, 0.1) is 12.1 Å². The van der Waals surface area contributed by atoms with E-state index in [0.717, 1.165) is 4.88 Å². The predicted molar refractivity (Wildman–Crippen MR) is 47.5 cm³/mol. The van der Waals surface area contributed by atoms with E-state index in [1.807, 2.05) is 31.2 Å². The molecule has 0 spiro atoms. The van der Waals surface area contributed by atoms with Crippen LogP contribution in [-0.2, 0) is 6.42 Å². The fourth-order valence-electron chi connectivity index (χ4n) is 0.916. The lowest BCUT2D eigenvalue weighted by Gasteiger charge is -1.94. The third-order valence-corrected chi connectivity index (χ3v) is 2.54. The topological polar surface area (TPSA) is 47.6 Å². The third kappa shape index (κ3) is 2.08. The van der Waals surface area contributed by atoms with E-state index in [1.165, 1.54) is 4.88 Å². The van der Waals surface area contributed by atoms with Gasteiger partial charge in [0.15, 0.2) is 0 Å². The summed E-state index contributed by atoms with van der Waals surface area (Å²) < 4.78 is 0. The third-order valence-electron chi connectivity index (χ3n) is 1.51. The average molecular weight is 176 g/mol. The first-order valence-corrected chi connectivity index (χ1v) is 4.42. The SMILES string of the molecule is Cc1ccc(CC(C#N)C#N)s1. The molecular formula is C9H8N2S. The zero-order chi connectivity index (χ0) is 8.97. The van der Waals surface area contributed by atoms with Crippen LogP contribution in [0.15, 0.2) is 12.1 Å². The number of aryl methyl sites for hydroxylation is 1. The van der Waals surface area contributed by atoms with Gasteiger partial charge in [-0.3, -0.25) is 0 Å². The van der Waals surface area contributed by atoms with Crippen LogP contribution in [0.3, 0.4) is 0 Å². The van der Waals surface area contributed by atoms with Gasteiger partial charge in [-0.2, -0.15) is 10.5 Å². The van der Waals surface area contributed by atoms with Crippen LogP contribution in [-0.4, -0.2) is 0 Å². The summed E-state index contributed by atoms with van der Waals surface area (Å²) in [6, 6.07) is 7.89. The zero-order valence-electron chi connectivity index (χ0n) is 6.74. The van der Waals surface area contributed by atoms with Gasteiger partial charge in [-0.05, 0) is 19.1 Å². The highest BCUT2D eigenvalue weighted by Gasteiger charge is 2.07. The molecule has 0 bridgehead atoms. The van der Waals surface area contributed by atoms with E-state index in [9.17, 15) is 0 Å². The molecule has 0 aliphatic carbocycles. The first-order valence-electron chi connectivity index (χ1n) is 3.61. The fraction of sp³-hybridized carbons (Fsp3) is 0.333. The first kappa shape index (κ1) is 8.77. The summed E-state index contributed by atoms with van der Waals surface area (Å²) in [6.07, 6.45) is 0.561. The predicted octanol–water partition coefficient (Wildman–Crippen LogP) is 2.26. The van der Waals surface area contributed by atoms with Crippen LogP contribution in [0.4, 0.5) is 0 Å². The molecule has 0 unspecified atom stereocenters. The Hall–Kier alpha value is -1.32. The normalized spacial score (nSPS) is 9.33. The highest BCUT2D eigenvalue weighted by Crippen LogP contribution is 2.18. The van der Waals surface area contributed by atoms with Crippen LogP contribution < -0.4 is 0 Å². The van der Waals surface area contributed by atoms with Crippen molar-refractivity contribution >= 4 is 11.3 Å². The highest BCUT2D eigenvalue weighted by molar-refractivity contribution is 7.11. The van der Waals surface area contributed by atoms with Crippen molar-refractivity contribution in [2.75, 3.05) is 0 Å². The minimum Gasteiger partial charge on any atom is -0.197 e. The van der Waals surface area contributed by atoms with Crippen LogP contribution in [0.5, 0.6) is 0 Å². The van der Waals surface area contributed by atoms with Crippen LogP contribution in [0.2, 0.25) is 0 Å². The molecule has 1 heterocycles. The Balaban J connectivity index is 2.66. The second kappa shape index (κ2) is 3.90. The standard InChI is InChI=1S/C9H8N2S/c1-7-2-3-9(12-7)4-8(5-10)6-11/h2-3,8H,4H2,1H3. The van der Waals surface area contributed by atoms with Gasteiger partial charge in [0.2, 0.25) is 0 Å². The monoisotopic (exact) mass is 176 g/mol. The first-order chi connectivity index (χ1) is 5.76. The molecule has 1 aromatic heterocycles. The molecule has 3 heteroatoms. The summed E-state index contributed by atoms with van der Waals surface area (Å²) >= 11 is 1.64. The molecule has 1 aromatic rings. The van der Waals surface area contributed by atoms with Gasteiger partial charge < -0.3 is 0 Å². The van der Waals surface area contributed by atoms with Crippen LogP contribution in [0.25, 0.3) is 0 Å². The van der Waals surface area contributed by atoms with Crippen LogP contribution >= 0.6 is 11.3 Å². The van der Waals surface area contributed by atoms with E-state index in [4.69, 9.17) is 10.5 Å². The molecular weight excluding hydrogens is 168 g/mol. The molecule has 0 aromatic carbocycles. The quantitative estimate of drug-likeness (QED) is 0.694. The lowest BCUT2D eigenvalue weighted by atomic mass is 10.1. The van der Waals surface area contributed by atoms with E-state index < -0.39 is 5.92 Å². The van der Waals surface area contributed by atoms with Gasteiger partial charge in [0.1, 0.15) is 5.92 Å².